The van der Waals surface area contributed by atoms with Gasteiger partial charge in [-0.3, -0.25) is 9.59 Å². The third kappa shape index (κ3) is 8.08. The van der Waals surface area contributed by atoms with Crippen LogP contribution in [0.5, 0.6) is 5.75 Å². The summed E-state index contributed by atoms with van der Waals surface area (Å²) in [7, 11) is 1.53. The smallest absolute Gasteiger partial charge is 0.345 e. The Kier molecular flexibility index (Phi) is 9.57. The molecular formula is C28H28O7. The molecule has 0 heterocycles. The van der Waals surface area contributed by atoms with Gasteiger partial charge in [0.1, 0.15) is 5.75 Å². The van der Waals surface area contributed by atoms with Crippen LogP contribution in [0.2, 0.25) is 0 Å². The number of rotatable bonds is 12. The van der Waals surface area contributed by atoms with Crippen LogP contribution in [0, 0.1) is 0 Å². The van der Waals surface area contributed by atoms with Gasteiger partial charge in [0.25, 0.3) is 0 Å². The van der Waals surface area contributed by atoms with E-state index in [0.29, 0.717) is 36.5 Å². The highest BCUT2D eigenvalue weighted by atomic mass is 16.6. The van der Waals surface area contributed by atoms with Crippen molar-refractivity contribution >= 4 is 17.7 Å². The van der Waals surface area contributed by atoms with E-state index >= 15 is 0 Å². The Balaban J connectivity index is 1.67. The first-order chi connectivity index (χ1) is 17.0. The highest BCUT2D eigenvalue weighted by Crippen LogP contribution is 2.25. The third-order valence-corrected chi connectivity index (χ3v) is 5.18. The van der Waals surface area contributed by atoms with Crippen molar-refractivity contribution in [3.05, 3.63) is 101 Å². The summed E-state index contributed by atoms with van der Waals surface area (Å²) in [6.07, 6.45) is -0.494. The lowest BCUT2D eigenvalue weighted by Crippen LogP contribution is -2.23. The monoisotopic (exact) mass is 476 g/mol. The molecule has 0 aliphatic rings. The Bertz CT molecular complexity index is 1110. The second-order valence-electron chi connectivity index (χ2n) is 7.77. The summed E-state index contributed by atoms with van der Waals surface area (Å²) in [6.45, 7) is 1.70. The number of carbonyl (C=O) groups excluding carboxylic acids is 3. The van der Waals surface area contributed by atoms with Crippen LogP contribution in [0.4, 0.5) is 0 Å². The number of Topliss-reactive ketones (excluding diaryl/α,β-unsaturated/α-hetero) is 1. The molecule has 3 rings (SSSR count). The Morgan fingerprint density at radius 1 is 0.829 bits per heavy atom. The highest BCUT2D eigenvalue weighted by molar-refractivity contribution is 6.01. The maximum atomic E-state index is 13.2. The Morgan fingerprint density at radius 3 is 2.14 bits per heavy atom. The van der Waals surface area contributed by atoms with Crippen LogP contribution >= 0.6 is 0 Å². The molecule has 182 valence electrons. The van der Waals surface area contributed by atoms with Gasteiger partial charge in [0, 0.05) is 18.1 Å². The second kappa shape index (κ2) is 13.1. The lowest BCUT2D eigenvalue weighted by Gasteiger charge is -2.18. The lowest BCUT2D eigenvalue weighted by atomic mass is 9.98. The fraction of sp³-hybridized carbons (Fsp3) is 0.250. The largest absolute Gasteiger partial charge is 0.497 e. The summed E-state index contributed by atoms with van der Waals surface area (Å²) < 4.78 is 21.0. The molecule has 0 aliphatic carbocycles. The summed E-state index contributed by atoms with van der Waals surface area (Å²) in [6, 6.07) is 23.7. The van der Waals surface area contributed by atoms with E-state index in [1.807, 2.05) is 42.5 Å². The zero-order valence-electron chi connectivity index (χ0n) is 19.8. The zero-order valence-corrected chi connectivity index (χ0v) is 19.8. The Labute approximate surface area is 204 Å². The molecule has 7 nitrogen and oxygen atoms in total. The fourth-order valence-corrected chi connectivity index (χ4v) is 3.32. The average molecular weight is 477 g/mol. The molecule has 0 saturated heterocycles. The van der Waals surface area contributed by atoms with Crippen LogP contribution < -0.4 is 4.74 Å². The molecule has 0 fully saturated rings. The van der Waals surface area contributed by atoms with Crippen molar-refractivity contribution in [2.45, 2.75) is 26.1 Å². The molecule has 1 atom stereocenters. The zero-order chi connectivity index (χ0) is 25.0. The fourth-order valence-electron chi connectivity index (χ4n) is 3.32. The van der Waals surface area contributed by atoms with E-state index in [4.69, 9.17) is 18.9 Å². The molecule has 0 amide bonds. The van der Waals surface area contributed by atoms with E-state index in [9.17, 15) is 14.4 Å². The van der Waals surface area contributed by atoms with Gasteiger partial charge >= 0.3 is 11.9 Å². The standard InChI is InChI=1S/C28H28O7/c1-20(29)34-19-26(30)35-28(27(31)23-12-14-25(32-2)15-13-23)24-10-8-21(9-11-24)16-17-33-18-22-6-4-3-5-7-22/h3-15,28H,16-19H2,1-2H3. The van der Waals surface area contributed by atoms with Crippen molar-refractivity contribution in [2.75, 3.05) is 20.3 Å². The first kappa shape index (κ1) is 25.6. The normalized spacial score (nSPS) is 11.4. The number of methoxy groups -OCH3 is 1. The molecule has 7 heteroatoms. The van der Waals surface area contributed by atoms with Gasteiger partial charge in [-0.1, -0.05) is 54.6 Å². The Hall–Kier alpha value is -3.97. The number of hydrogen-bond donors (Lipinski definition) is 0. The molecule has 3 aromatic carbocycles. The number of hydrogen-bond acceptors (Lipinski definition) is 7. The molecule has 35 heavy (non-hydrogen) atoms. The number of carbonyl (C=O) groups is 3. The maximum Gasteiger partial charge on any atom is 0.345 e. The van der Waals surface area contributed by atoms with Gasteiger partial charge in [-0.25, -0.2) is 4.79 Å². The number of ketones is 1. The van der Waals surface area contributed by atoms with Crippen molar-refractivity contribution in [1.82, 2.24) is 0 Å². The minimum Gasteiger partial charge on any atom is -0.497 e. The number of ether oxygens (including phenoxy) is 4. The quantitative estimate of drug-likeness (QED) is 0.216. The number of esters is 2. The van der Waals surface area contributed by atoms with E-state index in [0.717, 1.165) is 11.1 Å². The summed E-state index contributed by atoms with van der Waals surface area (Å²) >= 11 is 0. The third-order valence-electron chi connectivity index (χ3n) is 5.18. The summed E-state index contributed by atoms with van der Waals surface area (Å²) in [5.41, 5.74) is 2.99. The van der Waals surface area contributed by atoms with Crippen molar-refractivity contribution in [1.29, 1.82) is 0 Å². The molecule has 0 bridgehead atoms. The van der Waals surface area contributed by atoms with Crippen LogP contribution in [0.15, 0.2) is 78.9 Å². The van der Waals surface area contributed by atoms with Crippen LogP contribution in [0.3, 0.4) is 0 Å². The number of benzene rings is 3. The van der Waals surface area contributed by atoms with Gasteiger partial charge in [-0.05, 0) is 41.8 Å². The van der Waals surface area contributed by atoms with Crippen LogP contribution in [-0.4, -0.2) is 38.0 Å². The molecular weight excluding hydrogens is 448 g/mol. The molecule has 3 aromatic rings. The molecule has 0 saturated carbocycles. The van der Waals surface area contributed by atoms with Gasteiger partial charge in [0.05, 0.1) is 20.3 Å². The van der Waals surface area contributed by atoms with Crippen LogP contribution in [0.1, 0.15) is 40.1 Å². The van der Waals surface area contributed by atoms with Gasteiger partial charge in [-0.2, -0.15) is 0 Å². The van der Waals surface area contributed by atoms with Gasteiger partial charge in [0.2, 0.25) is 5.78 Å². The minimum atomic E-state index is -1.19. The average Bonchev–Trinajstić information content (AvgIpc) is 2.89. The van der Waals surface area contributed by atoms with E-state index in [-0.39, 0.29) is 0 Å². The van der Waals surface area contributed by atoms with Gasteiger partial charge in [0.15, 0.2) is 12.7 Å². The van der Waals surface area contributed by atoms with Crippen molar-refractivity contribution in [3.63, 3.8) is 0 Å². The van der Waals surface area contributed by atoms with E-state index in [1.165, 1.54) is 14.0 Å². The summed E-state index contributed by atoms with van der Waals surface area (Å²) in [4.78, 5) is 36.5. The molecule has 0 aliphatic heterocycles. The van der Waals surface area contributed by atoms with Crippen LogP contribution in [-0.2, 0) is 36.8 Å². The molecule has 0 radical (unpaired) electrons. The predicted octanol–water partition coefficient (Wildman–Crippen LogP) is 4.48. The maximum absolute atomic E-state index is 13.2. The summed E-state index contributed by atoms with van der Waals surface area (Å²) in [5, 5.41) is 0. The molecule has 0 N–H and O–H groups in total. The van der Waals surface area contributed by atoms with Crippen molar-refractivity contribution in [2.24, 2.45) is 0 Å². The topological polar surface area (TPSA) is 88.1 Å². The van der Waals surface area contributed by atoms with Gasteiger partial charge < -0.3 is 18.9 Å². The van der Waals surface area contributed by atoms with Crippen LogP contribution in [0.25, 0.3) is 0 Å². The first-order valence-corrected chi connectivity index (χ1v) is 11.2. The van der Waals surface area contributed by atoms with Crippen molar-refractivity contribution < 1.29 is 33.3 Å². The van der Waals surface area contributed by atoms with E-state index in [1.54, 1.807) is 36.4 Å². The van der Waals surface area contributed by atoms with E-state index in [2.05, 4.69) is 0 Å². The molecule has 1 unspecified atom stereocenters. The first-order valence-electron chi connectivity index (χ1n) is 11.2. The second-order valence-corrected chi connectivity index (χ2v) is 7.77. The predicted molar refractivity (Wildman–Crippen MR) is 129 cm³/mol. The molecule has 0 spiro atoms. The van der Waals surface area contributed by atoms with Gasteiger partial charge in [-0.15, -0.1) is 0 Å². The lowest BCUT2D eigenvalue weighted by molar-refractivity contribution is -0.160. The van der Waals surface area contributed by atoms with Crippen molar-refractivity contribution in [3.8, 4) is 5.75 Å². The minimum absolute atomic E-state index is 0.356. The SMILES string of the molecule is COc1ccc(C(=O)C(OC(=O)COC(C)=O)c2ccc(CCOCc3ccccc3)cc2)cc1. The summed E-state index contributed by atoms with van der Waals surface area (Å²) in [5.74, 6) is -1.23. The Morgan fingerprint density at radius 2 is 1.51 bits per heavy atom. The van der Waals surface area contributed by atoms with E-state index < -0.39 is 30.4 Å². The highest BCUT2D eigenvalue weighted by Gasteiger charge is 2.26. The molecule has 0 aromatic heterocycles.